The molecule has 0 saturated carbocycles. The van der Waals surface area contributed by atoms with E-state index < -0.39 is 0 Å². The number of aromatic nitrogens is 3. The van der Waals surface area contributed by atoms with Crippen LogP contribution in [0.2, 0.25) is 5.02 Å². The van der Waals surface area contributed by atoms with E-state index in [1.807, 2.05) is 0 Å². The van der Waals surface area contributed by atoms with Crippen LogP contribution in [-0.4, -0.2) is 15.0 Å². The van der Waals surface area contributed by atoms with Gasteiger partial charge in [0.15, 0.2) is 11.6 Å². The molecule has 0 bridgehead atoms. The fourth-order valence-corrected chi connectivity index (χ4v) is 1.95. The van der Waals surface area contributed by atoms with Gasteiger partial charge in [0.05, 0.1) is 5.02 Å². The standard InChI is InChI=1S/C15H12ClFN6/c16-9-1-6-12(19-7-9)23-15-13(18)14(20-8-21-15)22-11-4-2-10(17)3-5-11/h1-8H,18H2,(H2,19,20,21,22,23). The zero-order valence-electron chi connectivity index (χ0n) is 11.8. The quantitative estimate of drug-likeness (QED) is 0.675. The van der Waals surface area contributed by atoms with E-state index in [9.17, 15) is 4.39 Å². The van der Waals surface area contributed by atoms with Crippen LogP contribution in [0.1, 0.15) is 0 Å². The Labute approximate surface area is 136 Å². The van der Waals surface area contributed by atoms with Gasteiger partial charge in [-0.1, -0.05) is 11.6 Å². The van der Waals surface area contributed by atoms with Gasteiger partial charge in [-0.15, -0.1) is 0 Å². The molecule has 0 spiro atoms. The van der Waals surface area contributed by atoms with Gasteiger partial charge in [0.1, 0.15) is 23.6 Å². The number of anilines is 5. The fraction of sp³-hybridized carbons (Fsp3) is 0. The highest BCUT2D eigenvalue weighted by molar-refractivity contribution is 6.30. The minimum absolute atomic E-state index is 0.313. The van der Waals surface area contributed by atoms with Crippen molar-refractivity contribution >= 4 is 40.4 Å². The van der Waals surface area contributed by atoms with Crippen LogP contribution in [0.4, 0.5) is 33.2 Å². The molecule has 116 valence electrons. The Morgan fingerprint density at radius 2 is 1.61 bits per heavy atom. The summed E-state index contributed by atoms with van der Waals surface area (Å²) in [6, 6.07) is 9.27. The molecule has 6 nitrogen and oxygen atoms in total. The van der Waals surface area contributed by atoms with Crippen LogP contribution in [0.5, 0.6) is 0 Å². The molecular weight excluding hydrogens is 319 g/mol. The highest BCUT2D eigenvalue weighted by Gasteiger charge is 2.09. The Morgan fingerprint density at radius 1 is 0.913 bits per heavy atom. The molecule has 3 rings (SSSR count). The number of nitrogen functional groups attached to an aromatic ring is 1. The van der Waals surface area contributed by atoms with Gasteiger partial charge in [-0.3, -0.25) is 0 Å². The van der Waals surface area contributed by atoms with Gasteiger partial charge >= 0.3 is 0 Å². The van der Waals surface area contributed by atoms with E-state index in [1.165, 1.54) is 24.7 Å². The van der Waals surface area contributed by atoms with E-state index in [-0.39, 0.29) is 5.82 Å². The molecule has 0 aliphatic carbocycles. The van der Waals surface area contributed by atoms with Crippen molar-refractivity contribution in [3.05, 3.63) is 59.8 Å². The molecule has 0 aliphatic rings. The maximum absolute atomic E-state index is 12.9. The van der Waals surface area contributed by atoms with Crippen LogP contribution in [0.15, 0.2) is 48.9 Å². The molecule has 0 unspecified atom stereocenters. The summed E-state index contributed by atoms with van der Waals surface area (Å²) in [4.78, 5) is 12.3. The first-order valence-corrected chi connectivity index (χ1v) is 7.01. The van der Waals surface area contributed by atoms with Gasteiger partial charge in [0.25, 0.3) is 0 Å². The Morgan fingerprint density at radius 3 is 2.26 bits per heavy atom. The van der Waals surface area contributed by atoms with Crippen LogP contribution in [0, 0.1) is 5.82 Å². The first-order valence-electron chi connectivity index (χ1n) is 6.63. The maximum atomic E-state index is 12.9. The molecule has 0 saturated heterocycles. The van der Waals surface area contributed by atoms with E-state index >= 15 is 0 Å². The van der Waals surface area contributed by atoms with Gasteiger partial charge in [-0.2, -0.15) is 0 Å². The zero-order valence-corrected chi connectivity index (χ0v) is 12.5. The van der Waals surface area contributed by atoms with Crippen molar-refractivity contribution in [1.29, 1.82) is 0 Å². The van der Waals surface area contributed by atoms with Gasteiger partial charge in [0.2, 0.25) is 0 Å². The summed E-state index contributed by atoms with van der Waals surface area (Å²) >= 11 is 5.80. The van der Waals surface area contributed by atoms with Crippen molar-refractivity contribution in [2.45, 2.75) is 0 Å². The molecule has 0 radical (unpaired) electrons. The highest BCUT2D eigenvalue weighted by atomic mass is 35.5. The summed E-state index contributed by atoms with van der Waals surface area (Å²) < 4.78 is 12.9. The van der Waals surface area contributed by atoms with Crippen LogP contribution >= 0.6 is 11.6 Å². The van der Waals surface area contributed by atoms with Crippen LogP contribution in [-0.2, 0) is 0 Å². The summed E-state index contributed by atoms with van der Waals surface area (Å²) in [5.41, 5.74) is 7.03. The number of hydrogen-bond acceptors (Lipinski definition) is 6. The summed E-state index contributed by atoms with van der Waals surface area (Å²) in [5.74, 6) is 1.04. The van der Waals surface area contributed by atoms with E-state index in [2.05, 4.69) is 25.6 Å². The lowest BCUT2D eigenvalue weighted by Gasteiger charge is -2.12. The van der Waals surface area contributed by atoms with E-state index in [4.69, 9.17) is 17.3 Å². The SMILES string of the molecule is Nc1c(Nc2ccc(F)cc2)ncnc1Nc1ccc(Cl)cn1. The van der Waals surface area contributed by atoms with Crippen molar-refractivity contribution in [2.24, 2.45) is 0 Å². The van der Waals surface area contributed by atoms with Crippen molar-refractivity contribution in [3.63, 3.8) is 0 Å². The van der Waals surface area contributed by atoms with Crippen molar-refractivity contribution in [3.8, 4) is 0 Å². The monoisotopic (exact) mass is 330 g/mol. The highest BCUT2D eigenvalue weighted by Crippen LogP contribution is 2.27. The predicted octanol–water partition coefficient (Wildman–Crippen LogP) is 3.73. The second kappa shape index (κ2) is 6.45. The van der Waals surface area contributed by atoms with Gasteiger partial charge in [-0.25, -0.2) is 19.3 Å². The molecule has 1 aromatic carbocycles. The number of pyridine rings is 1. The molecule has 2 aromatic heterocycles. The Bertz CT molecular complexity index is 741. The first-order chi connectivity index (χ1) is 11.1. The number of hydrogen-bond donors (Lipinski definition) is 3. The Hall–Kier alpha value is -2.93. The Balaban J connectivity index is 1.83. The molecule has 4 N–H and O–H groups in total. The molecule has 0 amide bonds. The van der Waals surface area contributed by atoms with Gasteiger partial charge in [0, 0.05) is 11.9 Å². The second-order valence-corrected chi connectivity index (χ2v) is 5.04. The number of nitrogens with one attached hydrogen (secondary N) is 2. The van der Waals surface area contributed by atoms with Gasteiger partial charge < -0.3 is 16.4 Å². The molecule has 3 aromatic rings. The average molecular weight is 331 g/mol. The zero-order chi connectivity index (χ0) is 16.2. The Kier molecular flexibility index (Phi) is 4.20. The smallest absolute Gasteiger partial charge is 0.160 e. The number of nitrogens with zero attached hydrogens (tertiary/aromatic N) is 3. The summed E-state index contributed by atoms with van der Waals surface area (Å²) in [6.07, 6.45) is 2.87. The third kappa shape index (κ3) is 3.64. The molecule has 8 heteroatoms. The lowest BCUT2D eigenvalue weighted by Crippen LogP contribution is -2.05. The second-order valence-electron chi connectivity index (χ2n) is 4.60. The topological polar surface area (TPSA) is 88.8 Å². The van der Waals surface area contributed by atoms with Crippen molar-refractivity contribution in [1.82, 2.24) is 15.0 Å². The third-order valence-corrected chi connectivity index (χ3v) is 3.19. The summed E-state index contributed by atoms with van der Waals surface area (Å²) in [7, 11) is 0. The minimum atomic E-state index is -0.317. The average Bonchev–Trinajstić information content (AvgIpc) is 2.55. The first kappa shape index (κ1) is 15.0. The number of nitrogens with two attached hydrogens (primary N) is 1. The van der Waals surface area contributed by atoms with Crippen LogP contribution in [0.25, 0.3) is 0 Å². The third-order valence-electron chi connectivity index (χ3n) is 2.96. The maximum Gasteiger partial charge on any atom is 0.160 e. The van der Waals surface area contributed by atoms with Crippen molar-refractivity contribution in [2.75, 3.05) is 16.4 Å². The molecule has 2 heterocycles. The van der Waals surface area contributed by atoms with Crippen LogP contribution < -0.4 is 16.4 Å². The lowest BCUT2D eigenvalue weighted by atomic mass is 10.3. The number of rotatable bonds is 4. The number of halogens is 2. The summed E-state index contributed by atoms with van der Waals surface area (Å²) in [6.45, 7) is 0. The van der Waals surface area contributed by atoms with E-state index in [0.29, 0.717) is 33.9 Å². The normalized spacial score (nSPS) is 10.3. The number of benzene rings is 1. The van der Waals surface area contributed by atoms with Crippen molar-refractivity contribution < 1.29 is 4.39 Å². The van der Waals surface area contributed by atoms with Crippen LogP contribution in [0.3, 0.4) is 0 Å². The van der Waals surface area contributed by atoms with E-state index in [0.717, 1.165) is 0 Å². The molecule has 0 fully saturated rings. The summed E-state index contributed by atoms with van der Waals surface area (Å²) in [5, 5.41) is 6.53. The van der Waals surface area contributed by atoms with E-state index in [1.54, 1.807) is 24.3 Å². The largest absolute Gasteiger partial charge is 0.393 e. The lowest BCUT2D eigenvalue weighted by molar-refractivity contribution is 0.628. The van der Waals surface area contributed by atoms with Gasteiger partial charge in [-0.05, 0) is 36.4 Å². The molecule has 0 atom stereocenters. The molecular formula is C15H12ClFN6. The minimum Gasteiger partial charge on any atom is -0.393 e. The molecule has 0 aliphatic heterocycles. The predicted molar refractivity (Wildman–Crippen MR) is 88.7 cm³/mol. The fourth-order valence-electron chi connectivity index (χ4n) is 1.84. The molecule has 23 heavy (non-hydrogen) atoms.